The van der Waals surface area contributed by atoms with E-state index in [0.29, 0.717) is 25.4 Å². The van der Waals surface area contributed by atoms with E-state index in [1.807, 2.05) is 12.1 Å². The van der Waals surface area contributed by atoms with Crippen LogP contribution < -0.4 is 0 Å². The maximum atomic E-state index is 11.2. The SMILES string of the molecule is C=C(C)C(=O)OCCCCCOCc1ccc(/C=C/c2ccncc2)cc1. The molecule has 0 radical (unpaired) electrons. The van der Waals surface area contributed by atoms with Crippen LogP contribution in [0.3, 0.4) is 0 Å². The molecule has 0 N–H and O–H groups in total. The molecule has 2 aromatic rings. The molecule has 1 aromatic carbocycles. The Morgan fingerprint density at radius 3 is 2.26 bits per heavy atom. The molecule has 0 spiro atoms. The summed E-state index contributed by atoms with van der Waals surface area (Å²) >= 11 is 0. The Hall–Kier alpha value is -2.72. The van der Waals surface area contributed by atoms with E-state index in [0.717, 1.165) is 36.0 Å². The Morgan fingerprint density at radius 2 is 1.59 bits per heavy atom. The number of benzene rings is 1. The average Bonchev–Trinajstić information content (AvgIpc) is 2.69. The molecule has 27 heavy (non-hydrogen) atoms. The maximum Gasteiger partial charge on any atom is 0.333 e. The molecule has 2 rings (SSSR count). The number of pyridine rings is 1. The molecule has 4 heteroatoms. The van der Waals surface area contributed by atoms with E-state index in [4.69, 9.17) is 9.47 Å². The molecule has 0 atom stereocenters. The molecule has 0 aliphatic carbocycles. The van der Waals surface area contributed by atoms with Gasteiger partial charge in [-0.05, 0) is 55.0 Å². The van der Waals surface area contributed by atoms with E-state index in [-0.39, 0.29) is 5.97 Å². The van der Waals surface area contributed by atoms with Crippen molar-refractivity contribution in [2.45, 2.75) is 32.8 Å². The van der Waals surface area contributed by atoms with Crippen molar-refractivity contribution in [2.75, 3.05) is 13.2 Å². The van der Waals surface area contributed by atoms with Crippen LogP contribution in [0, 0.1) is 0 Å². The highest BCUT2D eigenvalue weighted by atomic mass is 16.5. The standard InChI is InChI=1S/C23H27NO3/c1-19(2)23(25)27-17-5-3-4-16-26-18-22-10-8-20(9-11-22)6-7-21-12-14-24-15-13-21/h6-15H,1,3-5,16-18H2,2H3/b7-6+. The van der Waals surface area contributed by atoms with Crippen molar-refractivity contribution in [1.29, 1.82) is 0 Å². The van der Waals surface area contributed by atoms with E-state index in [1.54, 1.807) is 19.3 Å². The number of carbonyl (C=O) groups excluding carboxylic acids is 1. The summed E-state index contributed by atoms with van der Waals surface area (Å²) in [6.45, 7) is 6.97. The predicted molar refractivity (Wildman–Crippen MR) is 109 cm³/mol. The van der Waals surface area contributed by atoms with Crippen molar-refractivity contribution in [3.63, 3.8) is 0 Å². The Kier molecular flexibility index (Phi) is 9.01. The molecule has 0 saturated heterocycles. The van der Waals surface area contributed by atoms with Crippen molar-refractivity contribution in [1.82, 2.24) is 4.98 Å². The van der Waals surface area contributed by atoms with E-state index in [1.165, 1.54) is 0 Å². The van der Waals surface area contributed by atoms with E-state index >= 15 is 0 Å². The number of hydrogen-bond acceptors (Lipinski definition) is 4. The van der Waals surface area contributed by atoms with Crippen LogP contribution in [-0.2, 0) is 20.9 Å². The molecule has 142 valence electrons. The van der Waals surface area contributed by atoms with E-state index in [2.05, 4.69) is 48.0 Å². The highest BCUT2D eigenvalue weighted by Gasteiger charge is 2.01. The van der Waals surface area contributed by atoms with Crippen LogP contribution >= 0.6 is 0 Å². The van der Waals surface area contributed by atoms with Gasteiger partial charge in [-0.15, -0.1) is 0 Å². The largest absolute Gasteiger partial charge is 0.462 e. The zero-order valence-corrected chi connectivity index (χ0v) is 15.9. The van der Waals surface area contributed by atoms with Crippen LogP contribution in [0.5, 0.6) is 0 Å². The summed E-state index contributed by atoms with van der Waals surface area (Å²) in [5.41, 5.74) is 3.88. The Bertz CT molecular complexity index is 736. The number of aromatic nitrogens is 1. The predicted octanol–water partition coefficient (Wildman–Crippen LogP) is 5.06. The molecule has 0 unspecified atom stereocenters. The summed E-state index contributed by atoms with van der Waals surface area (Å²) in [6.07, 6.45) is 10.5. The van der Waals surface area contributed by atoms with Gasteiger partial charge in [-0.3, -0.25) is 4.98 Å². The number of unbranched alkanes of at least 4 members (excludes halogenated alkanes) is 2. The van der Waals surface area contributed by atoms with Crippen LogP contribution in [0.25, 0.3) is 12.2 Å². The van der Waals surface area contributed by atoms with Crippen LogP contribution in [0.4, 0.5) is 0 Å². The van der Waals surface area contributed by atoms with Crippen LogP contribution in [-0.4, -0.2) is 24.2 Å². The molecule has 1 aromatic heterocycles. The molecular formula is C23H27NO3. The third-order valence-electron chi connectivity index (χ3n) is 3.94. The monoisotopic (exact) mass is 365 g/mol. The molecule has 0 bridgehead atoms. The molecule has 0 aliphatic rings. The van der Waals surface area contributed by atoms with Crippen molar-refractivity contribution in [2.24, 2.45) is 0 Å². The summed E-state index contributed by atoms with van der Waals surface area (Å²) < 4.78 is 10.8. The van der Waals surface area contributed by atoms with Crippen LogP contribution in [0.15, 0.2) is 60.9 Å². The van der Waals surface area contributed by atoms with Gasteiger partial charge in [-0.25, -0.2) is 4.79 Å². The van der Waals surface area contributed by atoms with E-state index in [9.17, 15) is 4.79 Å². The van der Waals surface area contributed by atoms with Gasteiger partial charge in [0.1, 0.15) is 0 Å². The van der Waals surface area contributed by atoms with Crippen molar-refractivity contribution in [3.05, 3.63) is 77.6 Å². The van der Waals surface area contributed by atoms with Gasteiger partial charge in [0.05, 0.1) is 13.2 Å². The van der Waals surface area contributed by atoms with Crippen molar-refractivity contribution in [3.8, 4) is 0 Å². The minimum Gasteiger partial charge on any atom is -0.462 e. The van der Waals surface area contributed by atoms with Crippen LogP contribution in [0.1, 0.15) is 42.9 Å². The van der Waals surface area contributed by atoms with Gasteiger partial charge in [0.15, 0.2) is 0 Å². The Balaban J connectivity index is 1.58. The van der Waals surface area contributed by atoms with E-state index < -0.39 is 0 Å². The first kappa shape index (κ1) is 20.6. The smallest absolute Gasteiger partial charge is 0.333 e. The minimum absolute atomic E-state index is 0.315. The van der Waals surface area contributed by atoms with Gasteiger partial charge in [-0.2, -0.15) is 0 Å². The second kappa shape index (κ2) is 11.8. The summed E-state index contributed by atoms with van der Waals surface area (Å²) in [4.78, 5) is 15.2. The molecule has 0 aliphatic heterocycles. The number of carbonyl (C=O) groups is 1. The summed E-state index contributed by atoms with van der Waals surface area (Å²) in [5.74, 6) is -0.315. The lowest BCUT2D eigenvalue weighted by Crippen LogP contribution is -2.06. The third kappa shape index (κ3) is 8.47. The number of nitrogens with zero attached hydrogens (tertiary/aromatic N) is 1. The molecule has 0 amide bonds. The fourth-order valence-electron chi connectivity index (χ4n) is 2.35. The highest BCUT2D eigenvalue weighted by molar-refractivity contribution is 5.86. The molecule has 0 saturated carbocycles. The summed E-state index contributed by atoms with van der Waals surface area (Å²) in [5, 5.41) is 0. The Morgan fingerprint density at radius 1 is 0.963 bits per heavy atom. The lowest BCUT2D eigenvalue weighted by Gasteiger charge is -2.06. The maximum absolute atomic E-state index is 11.2. The topological polar surface area (TPSA) is 48.4 Å². The zero-order valence-electron chi connectivity index (χ0n) is 15.9. The lowest BCUT2D eigenvalue weighted by atomic mass is 10.1. The molecule has 0 fully saturated rings. The molecule has 4 nitrogen and oxygen atoms in total. The normalized spacial score (nSPS) is 10.9. The fourth-order valence-corrected chi connectivity index (χ4v) is 2.35. The van der Waals surface area contributed by atoms with Gasteiger partial charge in [0.25, 0.3) is 0 Å². The second-order valence-electron chi connectivity index (χ2n) is 6.38. The summed E-state index contributed by atoms with van der Waals surface area (Å²) in [6, 6.07) is 12.3. The summed E-state index contributed by atoms with van der Waals surface area (Å²) in [7, 11) is 0. The molecular weight excluding hydrogens is 338 g/mol. The van der Waals surface area contributed by atoms with Gasteiger partial charge < -0.3 is 9.47 Å². The Labute approximate surface area is 161 Å². The van der Waals surface area contributed by atoms with Gasteiger partial charge in [0, 0.05) is 24.6 Å². The van der Waals surface area contributed by atoms with Crippen molar-refractivity contribution >= 4 is 18.1 Å². The average molecular weight is 365 g/mol. The first-order valence-electron chi connectivity index (χ1n) is 9.22. The molecule has 1 heterocycles. The lowest BCUT2D eigenvalue weighted by molar-refractivity contribution is -0.139. The fraction of sp³-hybridized carbons (Fsp3) is 0.304. The number of rotatable bonds is 11. The number of ether oxygens (including phenoxy) is 2. The first-order chi connectivity index (χ1) is 13.1. The van der Waals surface area contributed by atoms with Gasteiger partial charge >= 0.3 is 5.97 Å². The van der Waals surface area contributed by atoms with Gasteiger partial charge in [0.2, 0.25) is 0 Å². The zero-order chi connectivity index (χ0) is 19.3. The number of hydrogen-bond donors (Lipinski definition) is 0. The minimum atomic E-state index is -0.315. The number of esters is 1. The third-order valence-corrected chi connectivity index (χ3v) is 3.94. The van der Waals surface area contributed by atoms with Gasteiger partial charge in [-0.1, -0.05) is 43.0 Å². The highest BCUT2D eigenvalue weighted by Crippen LogP contribution is 2.10. The quantitative estimate of drug-likeness (QED) is 0.317. The van der Waals surface area contributed by atoms with Crippen LogP contribution in [0.2, 0.25) is 0 Å². The first-order valence-corrected chi connectivity index (χ1v) is 9.22. The second-order valence-corrected chi connectivity index (χ2v) is 6.38. The van der Waals surface area contributed by atoms with Crippen molar-refractivity contribution < 1.29 is 14.3 Å².